The predicted octanol–water partition coefficient (Wildman–Crippen LogP) is 3.81. The molecule has 2 amide bonds. The summed E-state index contributed by atoms with van der Waals surface area (Å²) in [5.74, 6) is -0.532. The molecule has 3 aliphatic rings. The number of benzene rings is 2. The number of piperidine rings is 1. The van der Waals surface area contributed by atoms with Crippen LogP contribution in [-0.4, -0.2) is 52.8 Å². The first-order chi connectivity index (χ1) is 14.9. The number of esters is 1. The summed E-state index contributed by atoms with van der Waals surface area (Å²) in [7, 11) is 0. The third-order valence-corrected chi connectivity index (χ3v) is 7.17. The van der Waals surface area contributed by atoms with Crippen molar-refractivity contribution >= 4 is 33.7 Å². The van der Waals surface area contributed by atoms with Crippen molar-refractivity contribution in [2.45, 2.75) is 38.0 Å². The first-order valence-electron chi connectivity index (χ1n) is 10.6. The number of halogens is 1. The Bertz CT molecular complexity index is 1020. The van der Waals surface area contributed by atoms with Crippen molar-refractivity contribution in [2.75, 3.05) is 13.1 Å². The van der Waals surface area contributed by atoms with E-state index in [2.05, 4.69) is 39.9 Å². The van der Waals surface area contributed by atoms with Gasteiger partial charge in [0.2, 0.25) is 0 Å². The van der Waals surface area contributed by atoms with Gasteiger partial charge in [0.15, 0.2) is 0 Å². The molecule has 0 N–H and O–H groups in total. The van der Waals surface area contributed by atoms with Crippen LogP contribution in [0.3, 0.4) is 0 Å². The monoisotopic (exact) mass is 482 g/mol. The number of rotatable bonds is 3. The highest BCUT2D eigenvalue weighted by Crippen LogP contribution is 2.41. The lowest BCUT2D eigenvalue weighted by Crippen LogP contribution is -2.59. The van der Waals surface area contributed by atoms with Gasteiger partial charge in [0.05, 0.1) is 17.7 Å². The number of amides is 2. The van der Waals surface area contributed by atoms with Crippen molar-refractivity contribution in [2.24, 2.45) is 5.92 Å². The Labute approximate surface area is 189 Å². The van der Waals surface area contributed by atoms with Crippen LogP contribution in [0.5, 0.6) is 0 Å². The minimum Gasteiger partial charge on any atom is -0.458 e. The Balaban J connectivity index is 1.39. The van der Waals surface area contributed by atoms with Crippen LogP contribution in [0.25, 0.3) is 0 Å². The number of fused-ring (bicyclic) bond motifs is 2. The van der Waals surface area contributed by atoms with Gasteiger partial charge in [0.25, 0.3) is 11.8 Å². The fraction of sp³-hybridized carbons (Fsp3) is 0.375. The Hall–Kier alpha value is -2.51. The summed E-state index contributed by atoms with van der Waals surface area (Å²) in [6, 6.07) is 14.8. The molecule has 0 radical (unpaired) electrons. The largest absolute Gasteiger partial charge is 0.458 e. The van der Waals surface area contributed by atoms with Gasteiger partial charge >= 0.3 is 5.97 Å². The molecule has 2 saturated heterocycles. The molecule has 2 aromatic rings. The molecule has 3 heterocycles. The molecule has 6 nitrogen and oxygen atoms in total. The molecule has 5 rings (SSSR count). The van der Waals surface area contributed by atoms with E-state index in [9.17, 15) is 14.4 Å². The number of nitrogens with zero attached hydrogens (tertiary/aromatic N) is 2. The Morgan fingerprint density at radius 2 is 1.61 bits per heavy atom. The SMILES string of the molecule is C[C@@H]1CC[C@H]2C(=O)O[C@@H](CN3C(=O)c4ccccc4C3=O)CN2[C@H]1c1ccc(Br)cc1. The normalized spacial score (nSPS) is 28.3. The summed E-state index contributed by atoms with van der Waals surface area (Å²) in [6.07, 6.45) is 1.15. The van der Waals surface area contributed by atoms with Gasteiger partial charge in [-0.1, -0.05) is 47.1 Å². The maximum Gasteiger partial charge on any atom is 0.323 e. The zero-order chi connectivity index (χ0) is 21.7. The molecule has 0 aromatic heterocycles. The fourth-order valence-electron chi connectivity index (χ4n) is 5.16. The molecule has 0 spiro atoms. The van der Waals surface area contributed by atoms with Crippen LogP contribution < -0.4 is 0 Å². The molecule has 2 fully saturated rings. The lowest BCUT2D eigenvalue weighted by atomic mass is 9.82. The molecule has 160 valence electrons. The predicted molar refractivity (Wildman–Crippen MR) is 117 cm³/mol. The zero-order valence-corrected chi connectivity index (χ0v) is 18.7. The van der Waals surface area contributed by atoms with Crippen LogP contribution in [0.1, 0.15) is 52.1 Å². The number of ether oxygens (including phenoxy) is 1. The number of cyclic esters (lactones) is 1. The van der Waals surface area contributed by atoms with E-state index in [1.54, 1.807) is 24.3 Å². The lowest BCUT2D eigenvalue weighted by molar-refractivity contribution is -0.174. The summed E-state index contributed by atoms with van der Waals surface area (Å²) >= 11 is 3.49. The van der Waals surface area contributed by atoms with E-state index in [1.807, 2.05) is 12.1 Å². The van der Waals surface area contributed by atoms with Crippen LogP contribution >= 0.6 is 15.9 Å². The minimum absolute atomic E-state index is 0.0722. The van der Waals surface area contributed by atoms with Gasteiger partial charge < -0.3 is 4.74 Å². The molecule has 0 aliphatic carbocycles. The summed E-state index contributed by atoms with van der Waals surface area (Å²) in [4.78, 5) is 41.8. The highest BCUT2D eigenvalue weighted by Gasteiger charge is 2.46. The van der Waals surface area contributed by atoms with E-state index in [1.165, 1.54) is 4.90 Å². The summed E-state index contributed by atoms with van der Waals surface area (Å²) < 4.78 is 6.73. The number of carbonyl (C=O) groups is 3. The van der Waals surface area contributed by atoms with Crippen LogP contribution in [-0.2, 0) is 9.53 Å². The van der Waals surface area contributed by atoms with Gasteiger partial charge in [-0.05, 0) is 48.6 Å². The molecule has 2 aromatic carbocycles. The molecular formula is C24H23BrN2O4. The van der Waals surface area contributed by atoms with E-state index in [0.717, 1.165) is 22.9 Å². The molecule has 3 aliphatic heterocycles. The Morgan fingerprint density at radius 3 is 2.26 bits per heavy atom. The Morgan fingerprint density at radius 1 is 0.968 bits per heavy atom. The standard InChI is InChI=1S/C24H23BrN2O4/c1-14-6-11-20-24(30)31-17(12-26(20)21(14)15-7-9-16(25)10-8-15)13-27-22(28)18-4-2-3-5-19(18)23(27)29/h2-5,7-10,14,17,20-21H,6,11-13H2,1H3/t14-,17-,20+,21-/m1/s1. The molecular weight excluding hydrogens is 460 g/mol. The van der Waals surface area contributed by atoms with Crippen LogP contribution in [0.2, 0.25) is 0 Å². The summed E-state index contributed by atoms with van der Waals surface area (Å²) in [5, 5.41) is 0. The van der Waals surface area contributed by atoms with Gasteiger partial charge in [-0.25, -0.2) is 0 Å². The van der Waals surface area contributed by atoms with E-state index in [0.29, 0.717) is 23.6 Å². The molecule has 4 atom stereocenters. The smallest absolute Gasteiger partial charge is 0.323 e. The average Bonchev–Trinajstić information content (AvgIpc) is 3.00. The molecule has 31 heavy (non-hydrogen) atoms. The van der Waals surface area contributed by atoms with Crippen molar-refractivity contribution in [1.29, 1.82) is 0 Å². The van der Waals surface area contributed by atoms with Crippen molar-refractivity contribution in [1.82, 2.24) is 9.80 Å². The minimum atomic E-state index is -0.547. The fourth-order valence-corrected chi connectivity index (χ4v) is 5.42. The summed E-state index contributed by atoms with van der Waals surface area (Å²) in [6.45, 7) is 2.78. The van der Waals surface area contributed by atoms with E-state index in [4.69, 9.17) is 4.74 Å². The molecule has 0 bridgehead atoms. The highest BCUT2D eigenvalue weighted by atomic mass is 79.9. The Kier molecular flexibility index (Phi) is 5.18. The number of carbonyl (C=O) groups excluding carboxylic acids is 3. The second kappa shape index (κ2) is 7.88. The van der Waals surface area contributed by atoms with Crippen molar-refractivity contribution in [3.8, 4) is 0 Å². The number of imide groups is 1. The van der Waals surface area contributed by atoms with Crippen LogP contribution in [0, 0.1) is 5.92 Å². The van der Waals surface area contributed by atoms with Crippen molar-refractivity contribution in [3.05, 3.63) is 69.7 Å². The first kappa shape index (κ1) is 20.4. The third-order valence-electron chi connectivity index (χ3n) is 6.64. The van der Waals surface area contributed by atoms with E-state index < -0.39 is 6.10 Å². The second-order valence-corrected chi connectivity index (χ2v) is 9.50. The number of morpholine rings is 1. The maximum absolute atomic E-state index is 12.9. The topological polar surface area (TPSA) is 66.9 Å². The van der Waals surface area contributed by atoms with Gasteiger partial charge in [-0.3, -0.25) is 24.2 Å². The first-order valence-corrected chi connectivity index (χ1v) is 11.4. The zero-order valence-electron chi connectivity index (χ0n) is 17.2. The number of hydrogen-bond acceptors (Lipinski definition) is 5. The van der Waals surface area contributed by atoms with Gasteiger partial charge in [-0.2, -0.15) is 0 Å². The molecule has 0 saturated carbocycles. The van der Waals surface area contributed by atoms with Gasteiger partial charge in [0, 0.05) is 17.1 Å². The van der Waals surface area contributed by atoms with E-state index >= 15 is 0 Å². The van der Waals surface area contributed by atoms with Gasteiger partial charge in [-0.15, -0.1) is 0 Å². The molecule has 7 heteroatoms. The highest BCUT2D eigenvalue weighted by molar-refractivity contribution is 9.10. The molecule has 0 unspecified atom stereocenters. The van der Waals surface area contributed by atoms with Crippen LogP contribution in [0.15, 0.2) is 53.0 Å². The second-order valence-electron chi connectivity index (χ2n) is 8.59. The van der Waals surface area contributed by atoms with Crippen molar-refractivity contribution < 1.29 is 19.1 Å². The van der Waals surface area contributed by atoms with Crippen molar-refractivity contribution in [3.63, 3.8) is 0 Å². The van der Waals surface area contributed by atoms with Crippen LogP contribution in [0.4, 0.5) is 0 Å². The average molecular weight is 483 g/mol. The summed E-state index contributed by atoms with van der Waals surface area (Å²) in [5.41, 5.74) is 1.98. The van der Waals surface area contributed by atoms with E-state index in [-0.39, 0.29) is 36.4 Å². The lowest BCUT2D eigenvalue weighted by Gasteiger charge is -2.49. The quantitative estimate of drug-likeness (QED) is 0.491. The maximum atomic E-state index is 12.9. The van der Waals surface area contributed by atoms with Gasteiger partial charge in [0.1, 0.15) is 12.1 Å². The third kappa shape index (κ3) is 3.49. The number of hydrogen-bond donors (Lipinski definition) is 0.